The molecule has 0 radical (unpaired) electrons. The minimum absolute atomic E-state index is 0.0212. The van der Waals surface area contributed by atoms with E-state index >= 15 is 0 Å². The molecule has 1 aromatic heterocycles. The van der Waals surface area contributed by atoms with Crippen LogP contribution in [0.3, 0.4) is 0 Å². The second kappa shape index (κ2) is 13.1. The highest BCUT2D eigenvalue weighted by atomic mass is 35.5. The second-order valence-electron chi connectivity index (χ2n) is 9.73. The van der Waals surface area contributed by atoms with Crippen LogP contribution in [0.15, 0.2) is 96.5 Å². The maximum absolute atomic E-state index is 12.1. The van der Waals surface area contributed by atoms with Crippen molar-refractivity contribution in [2.75, 3.05) is 10.6 Å². The van der Waals surface area contributed by atoms with Gasteiger partial charge >= 0.3 is 0 Å². The summed E-state index contributed by atoms with van der Waals surface area (Å²) in [6, 6.07) is 11.1. The number of nitrogens with zero attached hydrogens (tertiary/aromatic N) is 5. The minimum Gasteiger partial charge on any atom is -0.505 e. The van der Waals surface area contributed by atoms with Crippen molar-refractivity contribution in [2.45, 2.75) is 19.6 Å². The zero-order valence-corrected chi connectivity index (χ0v) is 28.1. The van der Waals surface area contributed by atoms with Gasteiger partial charge in [0.2, 0.25) is 17.2 Å². The molecule has 50 heavy (non-hydrogen) atoms. The third kappa shape index (κ3) is 8.09. The lowest BCUT2D eigenvalue weighted by Crippen LogP contribution is -2.09. The van der Waals surface area contributed by atoms with E-state index < -0.39 is 88.4 Å². The van der Waals surface area contributed by atoms with Gasteiger partial charge in [-0.3, -0.25) is 18.2 Å². The first-order chi connectivity index (χ1) is 23.1. The molecule has 4 aromatic carbocycles. The van der Waals surface area contributed by atoms with E-state index in [1.54, 1.807) is 0 Å². The van der Waals surface area contributed by atoms with Crippen molar-refractivity contribution < 1.29 is 57.0 Å². The predicted octanol–water partition coefficient (Wildman–Crippen LogP) is 4.27. The van der Waals surface area contributed by atoms with Crippen molar-refractivity contribution in [1.82, 2.24) is 15.0 Å². The number of aromatic hydroxyl groups is 1. The number of fused-ring (bicyclic) bond motifs is 1. The molecular weight excluding hydrogens is 770 g/mol. The highest BCUT2D eigenvalue weighted by Gasteiger charge is 2.22. The average Bonchev–Trinajstić information content (AvgIpc) is 2.98. The lowest BCUT2D eigenvalue weighted by Gasteiger charge is -2.12. The van der Waals surface area contributed by atoms with E-state index in [-0.39, 0.29) is 28.1 Å². The summed E-state index contributed by atoms with van der Waals surface area (Å²) in [5.41, 5.74) is -1.39. The Morgan fingerprint density at radius 2 is 1.18 bits per heavy atom. The van der Waals surface area contributed by atoms with Gasteiger partial charge in [-0.2, -0.15) is 48.6 Å². The molecule has 0 aliphatic rings. The number of anilines is 4. The fourth-order valence-electron chi connectivity index (χ4n) is 4.31. The van der Waals surface area contributed by atoms with Gasteiger partial charge in [-0.25, -0.2) is 0 Å². The van der Waals surface area contributed by atoms with Crippen molar-refractivity contribution in [2.24, 2.45) is 10.2 Å². The van der Waals surface area contributed by atoms with E-state index in [1.807, 2.05) is 0 Å². The smallest absolute Gasteiger partial charge is 0.296 e. The van der Waals surface area contributed by atoms with Gasteiger partial charge in [0.05, 0.1) is 10.6 Å². The fraction of sp³-hybridized carbons (Fsp3) is 0. The van der Waals surface area contributed by atoms with Crippen LogP contribution in [0, 0.1) is 0 Å². The first-order valence-corrected chi connectivity index (χ1v) is 19.1. The molecule has 0 aliphatic carbocycles. The van der Waals surface area contributed by atoms with Crippen LogP contribution in [-0.4, -0.2) is 71.9 Å². The average molecular weight is 788 g/mol. The number of azo groups is 1. The largest absolute Gasteiger partial charge is 0.505 e. The molecule has 0 saturated carbocycles. The monoisotopic (exact) mass is 787 g/mol. The van der Waals surface area contributed by atoms with Gasteiger partial charge in [0.25, 0.3) is 40.5 Å². The number of halogens is 1. The summed E-state index contributed by atoms with van der Waals surface area (Å²) in [6.45, 7) is 0. The van der Waals surface area contributed by atoms with E-state index in [4.69, 9.17) is 11.6 Å². The van der Waals surface area contributed by atoms with Crippen molar-refractivity contribution in [3.63, 3.8) is 0 Å². The third-order valence-corrected chi connectivity index (χ3v) is 10.1. The zero-order chi connectivity index (χ0) is 36.8. The summed E-state index contributed by atoms with van der Waals surface area (Å²) in [5.74, 6) is -1.47. The van der Waals surface area contributed by atoms with Crippen LogP contribution in [-0.2, 0) is 40.5 Å². The topological polar surface area (TPSA) is 325 Å². The third-order valence-electron chi connectivity index (χ3n) is 6.39. The number of benzene rings is 4. The Morgan fingerprint density at radius 3 is 1.80 bits per heavy atom. The van der Waals surface area contributed by atoms with Crippen LogP contribution in [0.5, 0.6) is 5.75 Å². The molecule has 0 saturated heterocycles. The van der Waals surface area contributed by atoms with Crippen molar-refractivity contribution >= 4 is 97.5 Å². The molecular formula is C25H18ClN7O13S4. The number of phenols is 1. The normalized spacial score (nSPS) is 12.7. The molecule has 1 heterocycles. The van der Waals surface area contributed by atoms with Crippen molar-refractivity contribution in [3.05, 3.63) is 72.0 Å². The first-order valence-electron chi connectivity index (χ1n) is 12.9. The van der Waals surface area contributed by atoms with E-state index in [1.165, 1.54) is 18.2 Å². The quantitative estimate of drug-likeness (QED) is 0.0767. The summed E-state index contributed by atoms with van der Waals surface area (Å²) < 4.78 is 133. The summed E-state index contributed by atoms with van der Waals surface area (Å²) in [4.78, 5) is 8.72. The summed E-state index contributed by atoms with van der Waals surface area (Å²) >= 11 is 5.98. The SMILES string of the molecule is O=S(=O)(O)c1ccc(S(=O)(=O)O)c(Nc2nc(Cl)nc(Nc3ccc(S(=O)(=O)O)c(N=Nc4ccc5c(S(=O)(=O)O)cccc5c4O)c3)n2)c1. The van der Waals surface area contributed by atoms with Gasteiger partial charge < -0.3 is 15.7 Å². The van der Waals surface area contributed by atoms with Crippen molar-refractivity contribution in [3.8, 4) is 5.75 Å². The lowest BCUT2D eigenvalue weighted by atomic mass is 10.1. The lowest BCUT2D eigenvalue weighted by molar-refractivity contribution is 0.479. The van der Waals surface area contributed by atoms with Gasteiger partial charge in [-0.15, -0.1) is 10.2 Å². The highest BCUT2D eigenvalue weighted by Crippen LogP contribution is 2.39. The van der Waals surface area contributed by atoms with Gasteiger partial charge in [0, 0.05) is 16.5 Å². The van der Waals surface area contributed by atoms with Crippen LogP contribution in [0.4, 0.5) is 34.6 Å². The van der Waals surface area contributed by atoms with E-state index in [0.717, 1.165) is 30.3 Å². The summed E-state index contributed by atoms with van der Waals surface area (Å²) in [5, 5.41) is 22.7. The molecule has 25 heteroatoms. The molecule has 20 nitrogen and oxygen atoms in total. The van der Waals surface area contributed by atoms with Crippen LogP contribution >= 0.6 is 11.6 Å². The maximum atomic E-state index is 12.1. The summed E-state index contributed by atoms with van der Waals surface area (Å²) in [7, 11) is -19.4. The Labute approximate surface area is 286 Å². The molecule has 0 atom stereocenters. The molecule has 0 amide bonds. The highest BCUT2D eigenvalue weighted by molar-refractivity contribution is 7.86. The number of hydrogen-bond acceptors (Lipinski definition) is 16. The predicted molar refractivity (Wildman–Crippen MR) is 173 cm³/mol. The molecule has 262 valence electrons. The number of nitrogens with one attached hydrogen (secondary N) is 2. The van der Waals surface area contributed by atoms with Gasteiger partial charge in [0.1, 0.15) is 26.1 Å². The number of aromatic nitrogens is 3. The fourth-order valence-corrected chi connectivity index (χ4v) is 6.92. The molecule has 0 fully saturated rings. The first kappa shape index (κ1) is 36.4. The minimum atomic E-state index is -4.95. The number of rotatable bonds is 10. The summed E-state index contributed by atoms with van der Waals surface area (Å²) in [6.07, 6.45) is 0. The Morgan fingerprint density at radius 1 is 0.580 bits per heavy atom. The number of phenolic OH excluding ortho intramolecular Hbond substituents is 1. The van der Waals surface area contributed by atoms with E-state index in [0.29, 0.717) is 18.2 Å². The Kier molecular flexibility index (Phi) is 9.51. The molecule has 0 unspecified atom stereocenters. The Balaban J connectivity index is 1.51. The molecule has 5 rings (SSSR count). The standard InChI is InChI=1S/C25H18ClN7O13S4/c26-23-29-24(31-25(30-23)28-17-11-13(47(35,36)37)5-9-20(17)49(41,42)43)27-12-4-8-21(50(44,45)46)18(10-12)33-32-16-7-6-14-15(22(16)34)2-1-3-19(14)48(38,39)40/h1-11,34H,(H,35,36,37)(H,38,39,40)(H,41,42,43)(H,44,45,46)(H2,27,28,29,30,31). The zero-order valence-electron chi connectivity index (χ0n) is 24.1. The van der Waals surface area contributed by atoms with Crippen LogP contribution in [0.2, 0.25) is 5.28 Å². The maximum Gasteiger partial charge on any atom is 0.296 e. The van der Waals surface area contributed by atoms with E-state index in [9.17, 15) is 57.0 Å². The van der Waals surface area contributed by atoms with Crippen LogP contribution in [0.1, 0.15) is 0 Å². The number of hydrogen-bond donors (Lipinski definition) is 7. The molecule has 0 spiro atoms. The van der Waals surface area contributed by atoms with Gasteiger partial charge in [0.15, 0.2) is 5.75 Å². The van der Waals surface area contributed by atoms with Gasteiger partial charge in [-0.1, -0.05) is 18.2 Å². The van der Waals surface area contributed by atoms with Gasteiger partial charge in [-0.05, 0) is 60.1 Å². The molecule has 0 aliphatic heterocycles. The Bertz CT molecular complexity index is 2690. The molecule has 0 bridgehead atoms. The van der Waals surface area contributed by atoms with E-state index in [2.05, 4.69) is 35.8 Å². The Hall–Kier alpha value is -4.92. The van der Waals surface area contributed by atoms with Crippen LogP contribution in [0.25, 0.3) is 10.8 Å². The molecule has 7 N–H and O–H groups in total. The van der Waals surface area contributed by atoms with Crippen LogP contribution < -0.4 is 10.6 Å². The second-order valence-corrected chi connectivity index (χ2v) is 15.7. The van der Waals surface area contributed by atoms with Crippen molar-refractivity contribution in [1.29, 1.82) is 0 Å². The molecule has 5 aromatic rings.